The predicted molar refractivity (Wildman–Crippen MR) is 69.7 cm³/mol. The topological polar surface area (TPSA) is 46.9 Å². The fraction of sp³-hybridized carbons (Fsp3) is 0.231. The molecule has 1 aromatic carbocycles. The number of benzene rings is 1. The molecule has 4 nitrogen and oxygen atoms in total. The number of nitrogens with zero attached hydrogens (tertiary/aromatic N) is 2. The van der Waals surface area contributed by atoms with Crippen molar-refractivity contribution in [1.29, 1.82) is 0 Å². The van der Waals surface area contributed by atoms with Crippen molar-refractivity contribution in [3.05, 3.63) is 46.4 Å². The quantitative estimate of drug-likeness (QED) is 0.872. The van der Waals surface area contributed by atoms with E-state index in [1.54, 1.807) is 24.0 Å². The average molecular weight is 280 g/mol. The predicted octanol–water partition coefficient (Wildman–Crippen LogP) is 2.69. The lowest BCUT2D eigenvalue weighted by atomic mass is 9.87. The number of rotatable bonds is 1. The van der Waals surface area contributed by atoms with Crippen molar-refractivity contribution in [3.8, 4) is 0 Å². The van der Waals surface area contributed by atoms with Crippen molar-refractivity contribution in [2.75, 3.05) is 5.32 Å². The van der Waals surface area contributed by atoms with E-state index >= 15 is 0 Å². The van der Waals surface area contributed by atoms with Gasteiger partial charge in [0.2, 0.25) is 5.91 Å². The zero-order valence-corrected chi connectivity index (χ0v) is 10.9. The van der Waals surface area contributed by atoms with E-state index in [-0.39, 0.29) is 24.1 Å². The number of halogens is 2. The zero-order valence-electron chi connectivity index (χ0n) is 10.2. The normalized spacial score (nSPS) is 18.1. The second-order valence-corrected chi connectivity index (χ2v) is 4.95. The van der Waals surface area contributed by atoms with Crippen LogP contribution in [0.25, 0.3) is 0 Å². The third-order valence-electron chi connectivity index (χ3n) is 3.33. The first-order valence-electron chi connectivity index (χ1n) is 5.83. The molecule has 0 saturated heterocycles. The van der Waals surface area contributed by atoms with Gasteiger partial charge in [-0.15, -0.1) is 0 Å². The monoisotopic (exact) mass is 279 g/mol. The van der Waals surface area contributed by atoms with Gasteiger partial charge in [-0.3, -0.25) is 9.48 Å². The van der Waals surface area contributed by atoms with E-state index in [9.17, 15) is 9.18 Å². The maximum Gasteiger partial charge on any atom is 0.226 e. The number of aryl methyl sites for hydroxylation is 1. The van der Waals surface area contributed by atoms with Gasteiger partial charge in [-0.25, -0.2) is 4.39 Å². The molecule has 0 fully saturated rings. The number of hydrogen-bond acceptors (Lipinski definition) is 2. The summed E-state index contributed by atoms with van der Waals surface area (Å²) >= 11 is 6.08. The molecule has 0 saturated carbocycles. The third kappa shape index (κ3) is 2.00. The number of anilines is 1. The van der Waals surface area contributed by atoms with Crippen LogP contribution in [0.3, 0.4) is 0 Å². The van der Waals surface area contributed by atoms with Crippen LogP contribution in [0.4, 0.5) is 10.2 Å². The van der Waals surface area contributed by atoms with Crippen molar-refractivity contribution in [3.63, 3.8) is 0 Å². The number of amides is 1. The Labute approximate surface area is 114 Å². The highest BCUT2D eigenvalue weighted by Gasteiger charge is 2.30. The van der Waals surface area contributed by atoms with E-state index in [4.69, 9.17) is 11.6 Å². The van der Waals surface area contributed by atoms with Crippen LogP contribution in [0.15, 0.2) is 24.4 Å². The van der Waals surface area contributed by atoms with Crippen molar-refractivity contribution < 1.29 is 9.18 Å². The summed E-state index contributed by atoms with van der Waals surface area (Å²) in [6, 6.07) is 4.24. The van der Waals surface area contributed by atoms with Gasteiger partial charge in [-0.2, -0.15) is 5.10 Å². The first-order chi connectivity index (χ1) is 9.06. The van der Waals surface area contributed by atoms with Crippen molar-refractivity contribution in [1.82, 2.24) is 9.78 Å². The molecule has 1 N–H and O–H groups in total. The van der Waals surface area contributed by atoms with E-state index in [2.05, 4.69) is 10.4 Å². The summed E-state index contributed by atoms with van der Waals surface area (Å²) < 4.78 is 14.7. The number of fused-ring (bicyclic) bond motifs is 1. The summed E-state index contributed by atoms with van der Waals surface area (Å²) in [5, 5.41) is 7.25. The Morgan fingerprint density at radius 2 is 2.26 bits per heavy atom. The summed E-state index contributed by atoms with van der Waals surface area (Å²) in [5.41, 5.74) is 1.64. The van der Waals surface area contributed by atoms with Gasteiger partial charge in [-0.1, -0.05) is 17.7 Å². The van der Waals surface area contributed by atoms with Gasteiger partial charge in [-0.05, 0) is 17.7 Å². The van der Waals surface area contributed by atoms with E-state index in [1.165, 1.54) is 12.1 Å². The van der Waals surface area contributed by atoms with Crippen LogP contribution < -0.4 is 5.32 Å². The molecule has 1 aromatic heterocycles. The first-order valence-corrected chi connectivity index (χ1v) is 6.20. The lowest BCUT2D eigenvalue weighted by Crippen LogP contribution is -2.24. The molecule has 98 valence electrons. The lowest BCUT2D eigenvalue weighted by molar-refractivity contribution is -0.116. The van der Waals surface area contributed by atoms with Crippen LogP contribution >= 0.6 is 11.6 Å². The fourth-order valence-corrected chi connectivity index (χ4v) is 2.70. The number of hydrogen-bond donors (Lipinski definition) is 1. The molecule has 19 heavy (non-hydrogen) atoms. The van der Waals surface area contributed by atoms with Crippen LogP contribution in [0.2, 0.25) is 5.02 Å². The van der Waals surface area contributed by atoms with Gasteiger partial charge in [0.25, 0.3) is 0 Å². The molecule has 2 heterocycles. The Kier molecular flexibility index (Phi) is 2.78. The second kappa shape index (κ2) is 4.35. The molecule has 0 spiro atoms. The molecule has 0 radical (unpaired) electrons. The summed E-state index contributed by atoms with van der Waals surface area (Å²) in [7, 11) is 1.76. The summed E-state index contributed by atoms with van der Waals surface area (Å²) in [6.45, 7) is 0. The van der Waals surface area contributed by atoms with Crippen molar-refractivity contribution in [2.45, 2.75) is 12.3 Å². The standard InChI is InChI=1S/C13H11ClFN3O/c1-18-13-10(6-16-18)9(5-12(19)17-13)8-3-2-7(15)4-11(8)14/h2-4,6,9H,5H2,1H3,(H,17,19). The molecule has 6 heteroatoms. The minimum Gasteiger partial charge on any atom is -0.311 e. The van der Waals surface area contributed by atoms with Gasteiger partial charge < -0.3 is 5.32 Å². The molecule has 1 atom stereocenters. The molecular weight excluding hydrogens is 269 g/mol. The van der Waals surface area contributed by atoms with Gasteiger partial charge in [0, 0.05) is 30.0 Å². The number of carbonyl (C=O) groups is 1. The number of nitrogens with one attached hydrogen (secondary N) is 1. The van der Waals surface area contributed by atoms with Gasteiger partial charge in [0.05, 0.1) is 6.20 Å². The van der Waals surface area contributed by atoms with Crippen LogP contribution in [-0.2, 0) is 11.8 Å². The molecule has 0 aliphatic carbocycles. The Hall–Kier alpha value is -1.88. The van der Waals surface area contributed by atoms with Gasteiger partial charge >= 0.3 is 0 Å². The minimum absolute atomic E-state index is 0.0958. The van der Waals surface area contributed by atoms with E-state index in [1.807, 2.05) is 0 Å². The SMILES string of the molecule is Cn1ncc2c1NC(=O)CC2c1ccc(F)cc1Cl. The van der Waals surface area contributed by atoms with Crippen molar-refractivity contribution in [2.24, 2.45) is 7.05 Å². The third-order valence-corrected chi connectivity index (χ3v) is 3.66. The van der Waals surface area contributed by atoms with E-state index in [0.29, 0.717) is 10.8 Å². The van der Waals surface area contributed by atoms with Gasteiger partial charge in [0.1, 0.15) is 11.6 Å². The number of carbonyl (C=O) groups excluding carboxylic acids is 1. The molecule has 1 aliphatic rings. The Bertz CT molecular complexity index is 668. The lowest BCUT2D eigenvalue weighted by Gasteiger charge is -2.23. The average Bonchev–Trinajstić information content (AvgIpc) is 2.71. The Morgan fingerprint density at radius 1 is 1.47 bits per heavy atom. The maximum absolute atomic E-state index is 13.1. The molecule has 0 bridgehead atoms. The smallest absolute Gasteiger partial charge is 0.226 e. The second-order valence-electron chi connectivity index (χ2n) is 4.54. The van der Waals surface area contributed by atoms with Crippen LogP contribution in [-0.4, -0.2) is 15.7 Å². The summed E-state index contributed by atoms with van der Waals surface area (Å²) in [6.07, 6.45) is 1.99. The maximum atomic E-state index is 13.1. The molecule has 1 amide bonds. The molecule has 2 aromatic rings. The Morgan fingerprint density at radius 3 is 3.00 bits per heavy atom. The van der Waals surface area contributed by atoms with Crippen molar-refractivity contribution >= 4 is 23.3 Å². The molecule has 3 rings (SSSR count). The largest absolute Gasteiger partial charge is 0.311 e. The highest BCUT2D eigenvalue weighted by Crippen LogP contribution is 2.39. The van der Waals surface area contributed by atoms with E-state index in [0.717, 1.165) is 11.1 Å². The summed E-state index contributed by atoms with van der Waals surface area (Å²) in [4.78, 5) is 11.8. The molecule has 1 aliphatic heterocycles. The van der Waals surface area contributed by atoms with Crippen LogP contribution in [0, 0.1) is 5.82 Å². The van der Waals surface area contributed by atoms with Crippen LogP contribution in [0.5, 0.6) is 0 Å². The summed E-state index contributed by atoms with van der Waals surface area (Å²) in [5.74, 6) is -0.00546. The van der Waals surface area contributed by atoms with E-state index < -0.39 is 0 Å². The minimum atomic E-state index is -0.388. The van der Waals surface area contributed by atoms with Crippen LogP contribution in [0.1, 0.15) is 23.5 Å². The highest BCUT2D eigenvalue weighted by atomic mass is 35.5. The first kappa shape index (κ1) is 12.2. The molecule has 1 unspecified atom stereocenters. The molecular formula is C13H11ClFN3O. The number of aromatic nitrogens is 2. The Balaban J connectivity index is 2.12. The fourth-order valence-electron chi connectivity index (χ4n) is 2.40. The van der Waals surface area contributed by atoms with Gasteiger partial charge in [0.15, 0.2) is 0 Å². The zero-order chi connectivity index (χ0) is 13.6. The highest BCUT2D eigenvalue weighted by molar-refractivity contribution is 6.31.